The smallest absolute Gasteiger partial charge is 0.255 e. The highest BCUT2D eigenvalue weighted by molar-refractivity contribution is 5.98. The first-order chi connectivity index (χ1) is 6.61. The first-order valence-electron chi connectivity index (χ1n) is 5.02. The van der Waals surface area contributed by atoms with Crippen molar-refractivity contribution in [2.75, 3.05) is 19.8 Å². The second-order valence-corrected chi connectivity index (χ2v) is 3.97. The van der Waals surface area contributed by atoms with Gasteiger partial charge < -0.3 is 4.74 Å². The third-order valence-electron chi connectivity index (χ3n) is 2.22. The van der Waals surface area contributed by atoms with Crippen molar-refractivity contribution in [3.05, 3.63) is 0 Å². The molecule has 0 aliphatic carbocycles. The van der Waals surface area contributed by atoms with Crippen molar-refractivity contribution in [1.82, 2.24) is 4.90 Å². The van der Waals surface area contributed by atoms with Gasteiger partial charge in [0.2, 0.25) is 0 Å². The first kappa shape index (κ1) is 11.2. The molecule has 1 rings (SSSR count). The fourth-order valence-electron chi connectivity index (χ4n) is 1.43. The van der Waals surface area contributed by atoms with Crippen LogP contribution < -0.4 is 0 Å². The zero-order chi connectivity index (χ0) is 10.6. The molecule has 1 aliphatic heterocycles. The van der Waals surface area contributed by atoms with Crippen LogP contribution in [0.3, 0.4) is 0 Å². The fourth-order valence-corrected chi connectivity index (χ4v) is 1.43. The van der Waals surface area contributed by atoms with Crippen LogP contribution in [0.2, 0.25) is 0 Å². The Morgan fingerprint density at radius 3 is 2.36 bits per heavy atom. The fraction of sp³-hybridized carbons (Fsp3) is 0.800. The summed E-state index contributed by atoms with van der Waals surface area (Å²) in [6.45, 7) is 4.89. The molecule has 0 N–H and O–H groups in total. The van der Waals surface area contributed by atoms with Gasteiger partial charge >= 0.3 is 0 Å². The van der Waals surface area contributed by atoms with Crippen LogP contribution in [0, 0.1) is 5.92 Å². The van der Waals surface area contributed by atoms with Gasteiger partial charge in [-0.1, -0.05) is 13.8 Å². The lowest BCUT2D eigenvalue weighted by molar-refractivity contribution is -0.158. The van der Waals surface area contributed by atoms with Gasteiger partial charge in [-0.3, -0.25) is 14.5 Å². The van der Waals surface area contributed by atoms with E-state index in [1.807, 2.05) is 0 Å². The number of morpholine rings is 1. The molecule has 0 aromatic rings. The summed E-state index contributed by atoms with van der Waals surface area (Å²) >= 11 is 0. The molecular weight excluding hydrogens is 182 g/mol. The van der Waals surface area contributed by atoms with Crippen molar-refractivity contribution >= 4 is 11.8 Å². The molecule has 1 fully saturated rings. The largest absolute Gasteiger partial charge is 0.362 e. The van der Waals surface area contributed by atoms with Crippen molar-refractivity contribution in [3.8, 4) is 0 Å². The van der Waals surface area contributed by atoms with Gasteiger partial charge in [0.15, 0.2) is 0 Å². The molecule has 0 radical (unpaired) electrons. The quantitative estimate of drug-likeness (QED) is 0.629. The average Bonchev–Trinajstić information content (AvgIpc) is 2.09. The lowest BCUT2D eigenvalue weighted by Gasteiger charge is -2.24. The molecule has 2 amide bonds. The second-order valence-electron chi connectivity index (χ2n) is 3.97. The Morgan fingerprint density at radius 1 is 1.29 bits per heavy atom. The minimum absolute atomic E-state index is 0.0490. The Bertz CT molecular complexity index is 209. The van der Waals surface area contributed by atoms with E-state index in [0.717, 1.165) is 12.8 Å². The molecule has 80 valence electrons. The van der Waals surface area contributed by atoms with E-state index in [-0.39, 0.29) is 25.0 Å². The summed E-state index contributed by atoms with van der Waals surface area (Å²) in [6, 6.07) is 0. The number of nitrogens with zero attached hydrogens (tertiary/aromatic N) is 1. The van der Waals surface area contributed by atoms with Gasteiger partial charge in [0.1, 0.15) is 13.2 Å². The van der Waals surface area contributed by atoms with Crippen LogP contribution >= 0.6 is 0 Å². The van der Waals surface area contributed by atoms with Crippen LogP contribution in [-0.4, -0.2) is 36.5 Å². The number of carbonyl (C=O) groups excluding carboxylic acids is 2. The highest BCUT2D eigenvalue weighted by Gasteiger charge is 2.25. The molecule has 0 spiro atoms. The zero-order valence-corrected chi connectivity index (χ0v) is 8.78. The monoisotopic (exact) mass is 199 g/mol. The number of rotatable bonds is 4. The number of ether oxygens (including phenoxy) is 1. The molecule has 0 atom stereocenters. The number of hydrogen-bond acceptors (Lipinski definition) is 3. The van der Waals surface area contributed by atoms with Crippen LogP contribution in [0.5, 0.6) is 0 Å². The lowest BCUT2D eigenvalue weighted by atomic mass is 10.1. The molecule has 1 saturated heterocycles. The summed E-state index contributed by atoms with van der Waals surface area (Å²) in [7, 11) is 0. The highest BCUT2D eigenvalue weighted by atomic mass is 16.5. The van der Waals surface area contributed by atoms with E-state index in [0.29, 0.717) is 12.5 Å². The lowest BCUT2D eigenvalue weighted by Crippen LogP contribution is -2.46. The van der Waals surface area contributed by atoms with Crippen molar-refractivity contribution in [1.29, 1.82) is 0 Å². The predicted octanol–water partition coefficient (Wildman–Crippen LogP) is 0.808. The van der Waals surface area contributed by atoms with E-state index in [2.05, 4.69) is 13.8 Å². The Labute approximate surface area is 84.2 Å². The molecule has 4 nitrogen and oxygen atoms in total. The summed E-state index contributed by atoms with van der Waals surface area (Å²) in [5.41, 5.74) is 0. The van der Waals surface area contributed by atoms with Crippen LogP contribution in [0.1, 0.15) is 26.7 Å². The number of hydrogen-bond donors (Lipinski definition) is 0. The predicted molar refractivity (Wildman–Crippen MR) is 51.6 cm³/mol. The van der Waals surface area contributed by atoms with E-state index in [1.165, 1.54) is 4.90 Å². The maximum Gasteiger partial charge on any atom is 0.255 e. The van der Waals surface area contributed by atoms with Crippen molar-refractivity contribution in [3.63, 3.8) is 0 Å². The molecule has 1 heterocycles. The van der Waals surface area contributed by atoms with Crippen molar-refractivity contribution < 1.29 is 14.3 Å². The van der Waals surface area contributed by atoms with E-state index < -0.39 is 0 Å². The maximum absolute atomic E-state index is 11.3. The van der Waals surface area contributed by atoms with Gasteiger partial charge in [-0.25, -0.2) is 0 Å². The molecule has 0 aromatic heterocycles. The van der Waals surface area contributed by atoms with Gasteiger partial charge in [-0.2, -0.15) is 0 Å². The van der Waals surface area contributed by atoms with Gasteiger partial charge in [0, 0.05) is 6.54 Å². The van der Waals surface area contributed by atoms with Gasteiger partial charge in [0.25, 0.3) is 11.8 Å². The molecule has 4 heteroatoms. The maximum atomic E-state index is 11.3. The Morgan fingerprint density at radius 2 is 1.86 bits per heavy atom. The number of amides is 2. The third kappa shape index (κ3) is 3.10. The molecule has 0 aromatic carbocycles. The van der Waals surface area contributed by atoms with Gasteiger partial charge in [-0.05, 0) is 18.8 Å². The highest BCUT2D eigenvalue weighted by Crippen LogP contribution is 2.07. The standard InChI is InChI=1S/C10H17NO3/c1-8(2)4-3-5-11-9(12)6-14-7-10(11)13/h8H,3-7H2,1-2H3. The van der Waals surface area contributed by atoms with Gasteiger partial charge in [0.05, 0.1) is 0 Å². The SMILES string of the molecule is CC(C)CCCN1C(=O)COCC1=O. The van der Waals surface area contributed by atoms with Crippen LogP contribution in [0.15, 0.2) is 0 Å². The molecular formula is C10H17NO3. The van der Waals surface area contributed by atoms with Gasteiger partial charge in [-0.15, -0.1) is 0 Å². The van der Waals surface area contributed by atoms with E-state index in [9.17, 15) is 9.59 Å². The topological polar surface area (TPSA) is 46.6 Å². The summed E-state index contributed by atoms with van der Waals surface area (Å²) < 4.78 is 4.81. The first-order valence-corrected chi connectivity index (χ1v) is 5.02. The Kier molecular flexibility index (Phi) is 4.07. The average molecular weight is 199 g/mol. The zero-order valence-electron chi connectivity index (χ0n) is 8.78. The Balaban J connectivity index is 2.33. The minimum Gasteiger partial charge on any atom is -0.362 e. The summed E-state index contributed by atoms with van der Waals surface area (Å²) in [5.74, 6) is 0.205. The molecule has 14 heavy (non-hydrogen) atoms. The molecule has 0 bridgehead atoms. The summed E-state index contributed by atoms with van der Waals surface area (Å²) in [4.78, 5) is 23.8. The molecule has 0 unspecified atom stereocenters. The summed E-state index contributed by atoms with van der Waals surface area (Å²) in [5, 5.41) is 0. The second kappa shape index (κ2) is 5.10. The van der Waals surface area contributed by atoms with Crippen LogP contribution in [0.4, 0.5) is 0 Å². The minimum atomic E-state index is -0.204. The van der Waals surface area contributed by atoms with Crippen LogP contribution in [0.25, 0.3) is 0 Å². The van der Waals surface area contributed by atoms with E-state index in [4.69, 9.17) is 4.74 Å². The summed E-state index contributed by atoms with van der Waals surface area (Å²) in [6.07, 6.45) is 1.92. The van der Waals surface area contributed by atoms with E-state index >= 15 is 0 Å². The number of imide groups is 1. The van der Waals surface area contributed by atoms with Crippen molar-refractivity contribution in [2.45, 2.75) is 26.7 Å². The van der Waals surface area contributed by atoms with Crippen molar-refractivity contribution in [2.24, 2.45) is 5.92 Å². The van der Waals surface area contributed by atoms with E-state index in [1.54, 1.807) is 0 Å². The molecule has 0 saturated carbocycles. The third-order valence-corrected chi connectivity index (χ3v) is 2.22. The number of carbonyl (C=O) groups is 2. The normalized spacial score (nSPS) is 18.1. The molecule has 1 aliphatic rings. The Hall–Kier alpha value is -0.900. The van der Waals surface area contributed by atoms with Crippen LogP contribution in [-0.2, 0) is 14.3 Å².